The quantitative estimate of drug-likeness (QED) is 0.850. The Balaban J connectivity index is 2.15. The Kier molecular flexibility index (Phi) is 3.64. The first kappa shape index (κ1) is 12.6. The molecule has 0 aliphatic carbocycles. The van der Waals surface area contributed by atoms with E-state index in [1.165, 1.54) is 0 Å². The molecule has 0 atom stereocenters. The molecule has 0 fully saturated rings. The predicted octanol–water partition coefficient (Wildman–Crippen LogP) is 2.11. The van der Waals surface area contributed by atoms with Gasteiger partial charge < -0.3 is 5.32 Å². The molecule has 0 unspecified atom stereocenters. The van der Waals surface area contributed by atoms with Gasteiger partial charge in [-0.1, -0.05) is 13.8 Å². The van der Waals surface area contributed by atoms with E-state index in [0.717, 1.165) is 24.2 Å². The lowest BCUT2D eigenvalue weighted by Gasteiger charge is -2.11. The van der Waals surface area contributed by atoms with E-state index in [1.54, 1.807) is 0 Å². The highest BCUT2D eigenvalue weighted by atomic mass is 15.3. The molecule has 6 nitrogen and oxygen atoms in total. The molecule has 0 aliphatic rings. The van der Waals surface area contributed by atoms with Crippen LogP contribution in [0.2, 0.25) is 0 Å². The summed E-state index contributed by atoms with van der Waals surface area (Å²) in [4.78, 5) is 4.42. The number of nitrogens with zero attached hydrogens (tertiary/aromatic N) is 4. The van der Waals surface area contributed by atoms with E-state index in [-0.39, 0.29) is 0 Å². The zero-order valence-electron chi connectivity index (χ0n) is 11.4. The molecular weight excluding hydrogens is 228 g/mol. The summed E-state index contributed by atoms with van der Waals surface area (Å²) in [6, 6.07) is 2.40. The molecule has 98 valence electrons. The zero-order chi connectivity index (χ0) is 13.1. The van der Waals surface area contributed by atoms with Crippen LogP contribution in [0.25, 0.3) is 11.5 Å². The summed E-state index contributed by atoms with van der Waals surface area (Å²) < 4.78 is 1.83. The van der Waals surface area contributed by atoms with Gasteiger partial charge in [0.15, 0.2) is 5.82 Å². The average Bonchev–Trinajstić information content (AvgIpc) is 2.94. The summed E-state index contributed by atoms with van der Waals surface area (Å²) in [7, 11) is 1.92. The second-order valence-electron chi connectivity index (χ2n) is 4.46. The lowest BCUT2D eigenvalue weighted by molar-refractivity contribution is 0.665. The van der Waals surface area contributed by atoms with Crippen LogP contribution in [0, 0.1) is 6.92 Å². The fourth-order valence-electron chi connectivity index (χ4n) is 1.79. The van der Waals surface area contributed by atoms with E-state index in [9.17, 15) is 0 Å². The molecule has 0 aliphatic heterocycles. The molecule has 2 rings (SSSR count). The van der Waals surface area contributed by atoms with Gasteiger partial charge in [0.05, 0.1) is 0 Å². The lowest BCUT2D eigenvalue weighted by atomic mass is 10.2. The molecule has 2 aromatic heterocycles. The minimum atomic E-state index is 0.416. The van der Waals surface area contributed by atoms with Crippen LogP contribution < -0.4 is 5.32 Å². The summed E-state index contributed by atoms with van der Waals surface area (Å²) >= 11 is 0. The monoisotopic (exact) mass is 248 g/mol. The molecule has 0 aromatic carbocycles. The van der Waals surface area contributed by atoms with Gasteiger partial charge in [0, 0.05) is 18.8 Å². The maximum absolute atomic E-state index is 4.42. The van der Waals surface area contributed by atoms with Crippen molar-refractivity contribution in [3.05, 3.63) is 11.8 Å². The van der Waals surface area contributed by atoms with E-state index < -0.39 is 0 Å². The Morgan fingerprint density at radius 3 is 2.67 bits per heavy atom. The van der Waals surface area contributed by atoms with Gasteiger partial charge in [0.25, 0.3) is 0 Å². The highest BCUT2D eigenvalue weighted by molar-refractivity contribution is 5.51. The standard InChI is InChI=1S/C12H20N6/c1-5-9(6-2)13-12-14-11(15-16-12)10-7-8(3)18(4)17-10/h7,9H,5-6H2,1-4H3,(H2,13,14,15,16). The number of anilines is 1. The molecule has 0 radical (unpaired) electrons. The summed E-state index contributed by atoms with van der Waals surface area (Å²) in [5.74, 6) is 1.34. The molecule has 18 heavy (non-hydrogen) atoms. The van der Waals surface area contributed by atoms with Crippen molar-refractivity contribution in [2.24, 2.45) is 7.05 Å². The Bertz CT molecular complexity index is 489. The third-order valence-electron chi connectivity index (χ3n) is 3.16. The minimum Gasteiger partial charge on any atom is -0.350 e. The van der Waals surface area contributed by atoms with E-state index in [0.29, 0.717) is 17.8 Å². The normalized spacial score (nSPS) is 11.2. The molecule has 0 saturated carbocycles. The summed E-state index contributed by atoms with van der Waals surface area (Å²) in [5.41, 5.74) is 1.91. The van der Waals surface area contributed by atoms with Crippen molar-refractivity contribution < 1.29 is 0 Å². The van der Waals surface area contributed by atoms with Gasteiger partial charge in [-0.2, -0.15) is 10.1 Å². The predicted molar refractivity (Wildman–Crippen MR) is 71.3 cm³/mol. The maximum atomic E-state index is 4.42. The van der Waals surface area contributed by atoms with Gasteiger partial charge >= 0.3 is 0 Å². The van der Waals surface area contributed by atoms with Crippen molar-refractivity contribution in [1.82, 2.24) is 25.0 Å². The largest absolute Gasteiger partial charge is 0.350 e. The van der Waals surface area contributed by atoms with Crippen LogP contribution >= 0.6 is 0 Å². The number of nitrogens with one attached hydrogen (secondary N) is 2. The van der Waals surface area contributed by atoms with E-state index >= 15 is 0 Å². The number of aryl methyl sites for hydroxylation is 2. The summed E-state index contributed by atoms with van der Waals surface area (Å²) in [5, 5.41) is 14.8. The van der Waals surface area contributed by atoms with Crippen molar-refractivity contribution in [2.75, 3.05) is 5.32 Å². The van der Waals surface area contributed by atoms with Crippen molar-refractivity contribution in [3.8, 4) is 11.5 Å². The first-order valence-corrected chi connectivity index (χ1v) is 6.34. The van der Waals surface area contributed by atoms with Crippen LogP contribution in [0.15, 0.2) is 6.07 Å². The molecule has 0 bridgehead atoms. The van der Waals surface area contributed by atoms with Gasteiger partial charge in [-0.25, -0.2) is 0 Å². The highest BCUT2D eigenvalue weighted by Crippen LogP contribution is 2.16. The molecule has 2 heterocycles. The molecule has 0 saturated heterocycles. The van der Waals surface area contributed by atoms with Gasteiger partial charge in [-0.15, -0.1) is 5.10 Å². The van der Waals surface area contributed by atoms with Crippen LogP contribution in [-0.4, -0.2) is 31.0 Å². The number of hydrogen-bond donors (Lipinski definition) is 2. The van der Waals surface area contributed by atoms with Crippen molar-refractivity contribution in [3.63, 3.8) is 0 Å². The Morgan fingerprint density at radius 2 is 2.11 bits per heavy atom. The highest BCUT2D eigenvalue weighted by Gasteiger charge is 2.11. The first-order valence-electron chi connectivity index (χ1n) is 6.34. The van der Waals surface area contributed by atoms with Crippen molar-refractivity contribution in [2.45, 2.75) is 39.7 Å². The van der Waals surface area contributed by atoms with Gasteiger partial charge in [-0.05, 0) is 25.8 Å². The minimum absolute atomic E-state index is 0.416. The van der Waals surface area contributed by atoms with Crippen LogP contribution in [0.4, 0.5) is 5.95 Å². The Hall–Kier alpha value is -1.85. The Labute approximate surface area is 107 Å². The number of aromatic amines is 1. The van der Waals surface area contributed by atoms with Gasteiger partial charge in [-0.3, -0.25) is 9.78 Å². The number of H-pyrrole nitrogens is 1. The van der Waals surface area contributed by atoms with Crippen LogP contribution in [0.1, 0.15) is 32.4 Å². The number of hydrogen-bond acceptors (Lipinski definition) is 4. The third-order valence-corrected chi connectivity index (χ3v) is 3.16. The SMILES string of the molecule is CCC(CC)Nc1n[nH]c(-c2cc(C)n(C)n2)n1. The second kappa shape index (κ2) is 5.20. The molecular formula is C12H20N6. The molecule has 0 amide bonds. The first-order chi connectivity index (χ1) is 8.63. The second-order valence-corrected chi connectivity index (χ2v) is 4.46. The van der Waals surface area contributed by atoms with Gasteiger partial charge in [0.2, 0.25) is 5.95 Å². The van der Waals surface area contributed by atoms with Gasteiger partial charge in [0.1, 0.15) is 5.69 Å². The number of rotatable bonds is 5. The lowest BCUT2D eigenvalue weighted by Crippen LogP contribution is -2.17. The van der Waals surface area contributed by atoms with Crippen molar-refractivity contribution in [1.29, 1.82) is 0 Å². The summed E-state index contributed by atoms with van der Waals surface area (Å²) in [6.07, 6.45) is 2.12. The number of aromatic nitrogens is 5. The van der Waals surface area contributed by atoms with Crippen LogP contribution in [-0.2, 0) is 7.05 Å². The molecule has 2 aromatic rings. The van der Waals surface area contributed by atoms with Crippen LogP contribution in [0.3, 0.4) is 0 Å². The van der Waals surface area contributed by atoms with E-state index in [2.05, 4.69) is 39.4 Å². The average molecular weight is 248 g/mol. The fourth-order valence-corrected chi connectivity index (χ4v) is 1.79. The zero-order valence-corrected chi connectivity index (χ0v) is 11.4. The smallest absolute Gasteiger partial charge is 0.242 e. The molecule has 0 spiro atoms. The van der Waals surface area contributed by atoms with Crippen molar-refractivity contribution >= 4 is 5.95 Å². The summed E-state index contributed by atoms with van der Waals surface area (Å²) in [6.45, 7) is 6.31. The molecule has 2 N–H and O–H groups in total. The van der Waals surface area contributed by atoms with E-state index in [1.807, 2.05) is 24.7 Å². The Morgan fingerprint density at radius 1 is 1.39 bits per heavy atom. The van der Waals surface area contributed by atoms with E-state index in [4.69, 9.17) is 0 Å². The molecule has 6 heteroatoms. The third kappa shape index (κ3) is 2.52. The van der Waals surface area contributed by atoms with Crippen LogP contribution in [0.5, 0.6) is 0 Å². The maximum Gasteiger partial charge on any atom is 0.242 e. The topological polar surface area (TPSA) is 71.4 Å². The fraction of sp³-hybridized carbons (Fsp3) is 0.583.